The number of thiophene rings is 1. The number of hydrogen-bond donors (Lipinski definition) is 0. The maximum Gasteiger partial charge on any atom is 0.319 e. The molecular formula is C19H20N2O2S2. The van der Waals surface area contributed by atoms with E-state index in [0.717, 1.165) is 32.8 Å². The standard InChI is InChI=1S/C19H20N2O2S2/c1-4-9-23-19(22)13(3)25-18-16-15(10-24-17(16)20-11-21-18)14-7-5-12(2)6-8-14/h5-8,10-11,13H,4,9H2,1-3H3/t13-/m0/s1. The van der Waals surface area contributed by atoms with E-state index < -0.39 is 0 Å². The number of fused-ring (bicyclic) bond motifs is 1. The van der Waals surface area contributed by atoms with Crippen molar-refractivity contribution in [1.82, 2.24) is 9.97 Å². The summed E-state index contributed by atoms with van der Waals surface area (Å²) in [6, 6.07) is 8.41. The zero-order valence-corrected chi connectivity index (χ0v) is 16.1. The lowest BCUT2D eigenvalue weighted by Crippen LogP contribution is -2.17. The summed E-state index contributed by atoms with van der Waals surface area (Å²) in [4.78, 5) is 21.8. The number of esters is 1. The van der Waals surface area contributed by atoms with Gasteiger partial charge in [0, 0.05) is 10.9 Å². The number of hydrogen-bond acceptors (Lipinski definition) is 6. The van der Waals surface area contributed by atoms with Gasteiger partial charge in [-0.3, -0.25) is 4.79 Å². The molecule has 0 saturated carbocycles. The van der Waals surface area contributed by atoms with E-state index in [-0.39, 0.29) is 11.2 Å². The molecule has 0 aliphatic rings. The smallest absolute Gasteiger partial charge is 0.319 e. The van der Waals surface area contributed by atoms with Crippen molar-refractivity contribution >= 4 is 39.3 Å². The van der Waals surface area contributed by atoms with Crippen LogP contribution in [0, 0.1) is 6.92 Å². The lowest BCUT2D eigenvalue weighted by Gasteiger charge is -2.11. The number of carbonyl (C=O) groups is 1. The largest absolute Gasteiger partial charge is 0.465 e. The second kappa shape index (κ2) is 7.97. The van der Waals surface area contributed by atoms with Crippen LogP contribution in [0.3, 0.4) is 0 Å². The Kier molecular flexibility index (Phi) is 5.71. The van der Waals surface area contributed by atoms with Crippen molar-refractivity contribution in [2.24, 2.45) is 0 Å². The molecule has 0 aliphatic carbocycles. The molecule has 0 amide bonds. The highest BCUT2D eigenvalue weighted by molar-refractivity contribution is 8.00. The summed E-state index contributed by atoms with van der Waals surface area (Å²) in [7, 11) is 0. The molecule has 0 bridgehead atoms. The van der Waals surface area contributed by atoms with Gasteiger partial charge in [-0.05, 0) is 25.8 Å². The fraction of sp³-hybridized carbons (Fsp3) is 0.316. The van der Waals surface area contributed by atoms with Crippen LogP contribution in [0.4, 0.5) is 0 Å². The summed E-state index contributed by atoms with van der Waals surface area (Å²) in [6.45, 7) is 6.37. The van der Waals surface area contributed by atoms with Crippen molar-refractivity contribution in [3.05, 3.63) is 41.5 Å². The minimum atomic E-state index is -0.310. The highest BCUT2D eigenvalue weighted by Crippen LogP contribution is 2.39. The molecule has 3 aromatic rings. The summed E-state index contributed by atoms with van der Waals surface area (Å²) < 4.78 is 5.25. The minimum absolute atomic E-state index is 0.203. The lowest BCUT2D eigenvalue weighted by molar-refractivity contribution is -0.142. The molecule has 1 atom stereocenters. The Balaban J connectivity index is 1.94. The van der Waals surface area contributed by atoms with Crippen molar-refractivity contribution in [1.29, 1.82) is 0 Å². The third-order valence-corrected chi connectivity index (χ3v) is 5.73. The Morgan fingerprint density at radius 3 is 2.76 bits per heavy atom. The highest BCUT2D eigenvalue weighted by Gasteiger charge is 2.20. The average Bonchev–Trinajstić information content (AvgIpc) is 3.05. The average molecular weight is 373 g/mol. The summed E-state index contributed by atoms with van der Waals surface area (Å²) in [6.07, 6.45) is 2.38. The van der Waals surface area contributed by atoms with Crippen LogP contribution in [0.2, 0.25) is 0 Å². The van der Waals surface area contributed by atoms with Gasteiger partial charge in [0.2, 0.25) is 0 Å². The molecule has 0 unspecified atom stereocenters. The van der Waals surface area contributed by atoms with Gasteiger partial charge >= 0.3 is 5.97 Å². The number of benzene rings is 1. The molecule has 0 radical (unpaired) electrons. The van der Waals surface area contributed by atoms with Crippen LogP contribution in [-0.2, 0) is 9.53 Å². The van der Waals surface area contributed by atoms with Gasteiger partial charge in [0.25, 0.3) is 0 Å². The van der Waals surface area contributed by atoms with Gasteiger partial charge in [0.15, 0.2) is 0 Å². The lowest BCUT2D eigenvalue weighted by atomic mass is 10.1. The number of carbonyl (C=O) groups excluding carboxylic acids is 1. The molecule has 0 aliphatic heterocycles. The summed E-state index contributed by atoms with van der Waals surface area (Å²) in [5.74, 6) is -0.203. The molecule has 0 saturated heterocycles. The van der Waals surface area contributed by atoms with Gasteiger partial charge in [-0.15, -0.1) is 11.3 Å². The Morgan fingerprint density at radius 1 is 1.28 bits per heavy atom. The number of aromatic nitrogens is 2. The topological polar surface area (TPSA) is 52.1 Å². The molecule has 0 spiro atoms. The zero-order valence-electron chi connectivity index (χ0n) is 14.5. The van der Waals surface area contributed by atoms with Gasteiger partial charge < -0.3 is 4.74 Å². The van der Waals surface area contributed by atoms with Gasteiger partial charge in [-0.2, -0.15) is 0 Å². The van der Waals surface area contributed by atoms with E-state index >= 15 is 0 Å². The van der Waals surface area contributed by atoms with E-state index in [4.69, 9.17) is 4.74 Å². The molecule has 130 valence electrons. The molecule has 0 N–H and O–H groups in total. The van der Waals surface area contributed by atoms with Crippen LogP contribution in [0.25, 0.3) is 21.3 Å². The molecule has 2 heterocycles. The summed E-state index contributed by atoms with van der Waals surface area (Å²) in [5, 5.41) is 3.63. The molecule has 4 nitrogen and oxygen atoms in total. The van der Waals surface area contributed by atoms with Gasteiger partial charge in [-0.1, -0.05) is 48.5 Å². The molecule has 1 aromatic carbocycles. The van der Waals surface area contributed by atoms with Crippen molar-refractivity contribution in [3.8, 4) is 11.1 Å². The molecule has 0 fully saturated rings. The van der Waals surface area contributed by atoms with Crippen molar-refractivity contribution in [3.63, 3.8) is 0 Å². The second-order valence-electron chi connectivity index (χ2n) is 5.80. The normalized spacial score (nSPS) is 12.3. The quantitative estimate of drug-likeness (QED) is 0.342. The van der Waals surface area contributed by atoms with Gasteiger partial charge in [0.1, 0.15) is 21.4 Å². The van der Waals surface area contributed by atoms with Crippen LogP contribution in [-0.4, -0.2) is 27.8 Å². The second-order valence-corrected chi connectivity index (χ2v) is 7.99. The van der Waals surface area contributed by atoms with Crippen molar-refractivity contribution in [2.45, 2.75) is 37.5 Å². The fourth-order valence-electron chi connectivity index (χ4n) is 2.42. The van der Waals surface area contributed by atoms with Crippen molar-refractivity contribution < 1.29 is 9.53 Å². The summed E-state index contributed by atoms with van der Waals surface area (Å²) in [5.41, 5.74) is 3.47. The first-order chi connectivity index (χ1) is 12.1. The van der Waals surface area contributed by atoms with E-state index in [9.17, 15) is 4.79 Å². The number of ether oxygens (including phenoxy) is 1. The first-order valence-corrected chi connectivity index (χ1v) is 9.98. The van der Waals surface area contributed by atoms with Crippen LogP contribution < -0.4 is 0 Å². The first kappa shape index (κ1) is 17.9. The Hall–Kier alpha value is -1.92. The zero-order chi connectivity index (χ0) is 17.8. The van der Waals surface area contributed by atoms with Crippen LogP contribution >= 0.6 is 23.1 Å². The summed E-state index contributed by atoms with van der Waals surface area (Å²) >= 11 is 3.03. The monoisotopic (exact) mass is 372 g/mol. The fourth-order valence-corrected chi connectivity index (χ4v) is 4.33. The SMILES string of the molecule is CCCOC(=O)[C@H](C)Sc1ncnc2scc(-c3ccc(C)cc3)c12. The number of nitrogens with zero attached hydrogens (tertiary/aromatic N) is 2. The Bertz CT molecular complexity index is 875. The molecule has 6 heteroatoms. The predicted octanol–water partition coefficient (Wildman–Crippen LogP) is 5.10. The third kappa shape index (κ3) is 4.02. The number of thioether (sulfide) groups is 1. The number of rotatable bonds is 6. The van der Waals surface area contributed by atoms with Crippen molar-refractivity contribution in [2.75, 3.05) is 6.61 Å². The van der Waals surface area contributed by atoms with Crippen LogP contribution in [0.15, 0.2) is 41.0 Å². The maximum absolute atomic E-state index is 12.1. The van der Waals surface area contributed by atoms with E-state index in [2.05, 4.69) is 46.5 Å². The minimum Gasteiger partial charge on any atom is -0.465 e. The first-order valence-electron chi connectivity index (χ1n) is 8.22. The van der Waals surface area contributed by atoms with E-state index in [1.807, 2.05) is 13.8 Å². The van der Waals surface area contributed by atoms with Crippen LogP contribution in [0.1, 0.15) is 25.8 Å². The molecule has 3 rings (SSSR count). The van der Waals surface area contributed by atoms with Crippen LogP contribution in [0.5, 0.6) is 0 Å². The Labute approximate surface area is 155 Å². The van der Waals surface area contributed by atoms with E-state index in [0.29, 0.717) is 6.61 Å². The molecule has 2 aromatic heterocycles. The Morgan fingerprint density at radius 2 is 2.04 bits per heavy atom. The molecular weight excluding hydrogens is 352 g/mol. The van der Waals surface area contributed by atoms with E-state index in [1.165, 1.54) is 17.3 Å². The number of aryl methyl sites for hydroxylation is 1. The van der Waals surface area contributed by atoms with Gasteiger partial charge in [-0.25, -0.2) is 9.97 Å². The van der Waals surface area contributed by atoms with E-state index in [1.54, 1.807) is 17.7 Å². The highest BCUT2D eigenvalue weighted by atomic mass is 32.2. The third-order valence-electron chi connectivity index (χ3n) is 3.77. The maximum atomic E-state index is 12.1. The van der Waals surface area contributed by atoms with Gasteiger partial charge in [0.05, 0.1) is 12.0 Å². The molecule has 25 heavy (non-hydrogen) atoms. The predicted molar refractivity (Wildman–Crippen MR) is 104 cm³/mol.